The number of hydrogen-bond acceptors (Lipinski definition) is 1. The molecule has 3 nitrogen and oxygen atoms in total. The normalized spacial score (nSPS) is 36.5. The molecule has 0 spiro atoms. The predicted molar refractivity (Wildman–Crippen MR) is 86.5 cm³/mol. The molecule has 0 aliphatic heterocycles. The first-order valence-electron chi connectivity index (χ1n) is 8.37. The molecule has 0 unspecified atom stereocenters. The molecule has 5 rings (SSSR count). The van der Waals surface area contributed by atoms with Gasteiger partial charge in [0.25, 0.3) is 0 Å². The fourth-order valence-corrected chi connectivity index (χ4v) is 5.21. The summed E-state index contributed by atoms with van der Waals surface area (Å²) in [5.74, 6) is 4.07. The van der Waals surface area contributed by atoms with Crippen molar-refractivity contribution >= 4 is 11.6 Å². The molecule has 0 atom stereocenters. The van der Waals surface area contributed by atoms with E-state index in [-0.39, 0.29) is 0 Å². The zero-order valence-electron chi connectivity index (χ0n) is 12.7. The van der Waals surface area contributed by atoms with Crippen molar-refractivity contribution in [2.45, 2.75) is 45.1 Å². The van der Waals surface area contributed by atoms with E-state index in [1.807, 2.05) is 18.2 Å². The summed E-state index contributed by atoms with van der Waals surface area (Å²) in [4.78, 5) is 0. The van der Waals surface area contributed by atoms with Crippen LogP contribution in [-0.2, 0) is 0 Å². The van der Waals surface area contributed by atoms with Crippen molar-refractivity contribution in [3.63, 3.8) is 0 Å². The van der Waals surface area contributed by atoms with Gasteiger partial charge in [-0.3, -0.25) is 5.41 Å². The van der Waals surface area contributed by atoms with Gasteiger partial charge in [0.15, 0.2) is 5.96 Å². The first-order chi connectivity index (χ1) is 10.2. The quantitative estimate of drug-likeness (QED) is 0.572. The van der Waals surface area contributed by atoms with Crippen LogP contribution >= 0.6 is 0 Å². The first-order valence-corrected chi connectivity index (χ1v) is 8.37. The molecule has 0 heterocycles. The molecular formula is C18H25N3. The van der Waals surface area contributed by atoms with E-state index in [2.05, 4.69) is 23.6 Å². The van der Waals surface area contributed by atoms with Crippen molar-refractivity contribution in [3.05, 3.63) is 29.8 Å². The van der Waals surface area contributed by atoms with Crippen molar-refractivity contribution in [2.24, 2.45) is 23.7 Å². The number of anilines is 1. The second-order valence-corrected chi connectivity index (χ2v) is 7.42. The lowest BCUT2D eigenvalue weighted by Gasteiger charge is -2.54. The summed E-state index contributed by atoms with van der Waals surface area (Å²) in [5.41, 5.74) is 2.23. The third kappa shape index (κ3) is 2.43. The summed E-state index contributed by atoms with van der Waals surface area (Å²) in [5, 5.41) is 15.0. The lowest BCUT2D eigenvalue weighted by Crippen LogP contribution is -2.56. The molecule has 0 saturated heterocycles. The summed E-state index contributed by atoms with van der Waals surface area (Å²) in [6, 6.07) is 8.71. The van der Waals surface area contributed by atoms with Crippen molar-refractivity contribution < 1.29 is 0 Å². The highest BCUT2D eigenvalue weighted by atomic mass is 15.2. The van der Waals surface area contributed by atoms with Gasteiger partial charge < -0.3 is 10.6 Å². The van der Waals surface area contributed by atoms with Crippen LogP contribution in [-0.4, -0.2) is 12.0 Å². The molecule has 21 heavy (non-hydrogen) atoms. The SMILES string of the molecule is Cc1ccccc1NC(=N)NC1C2CC3CC(C2)CC1C3. The predicted octanol–water partition coefficient (Wildman–Crippen LogP) is 3.76. The van der Waals surface area contributed by atoms with Crippen LogP contribution in [0.15, 0.2) is 24.3 Å². The van der Waals surface area contributed by atoms with Crippen LogP contribution in [0.5, 0.6) is 0 Å². The van der Waals surface area contributed by atoms with Crippen molar-refractivity contribution in [1.29, 1.82) is 5.41 Å². The number of para-hydroxylation sites is 1. The Labute approximate surface area is 127 Å². The number of rotatable bonds is 2. The van der Waals surface area contributed by atoms with Crippen LogP contribution in [0.2, 0.25) is 0 Å². The van der Waals surface area contributed by atoms with E-state index in [0.717, 1.165) is 29.4 Å². The monoisotopic (exact) mass is 283 g/mol. The van der Waals surface area contributed by atoms with Crippen LogP contribution in [0.25, 0.3) is 0 Å². The number of benzene rings is 1. The fourth-order valence-electron chi connectivity index (χ4n) is 5.21. The Balaban J connectivity index is 1.42. The lowest BCUT2D eigenvalue weighted by molar-refractivity contribution is -0.00695. The minimum atomic E-state index is 0.474. The molecule has 3 heteroatoms. The van der Waals surface area contributed by atoms with E-state index in [4.69, 9.17) is 5.41 Å². The topological polar surface area (TPSA) is 47.9 Å². The molecule has 0 aromatic heterocycles. The molecule has 4 bridgehead atoms. The van der Waals surface area contributed by atoms with E-state index in [9.17, 15) is 0 Å². The molecule has 3 N–H and O–H groups in total. The first kappa shape index (κ1) is 13.2. The Kier molecular flexibility index (Phi) is 3.16. The van der Waals surface area contributed by atoms with Crippen LogP contribution < -0.4 is 10.6 Å². The Morgan fingerprint density at radius 3 is 2.24 bits per heavy atom. The van der Waals surface area contributed by atoms with Crippen LogP contribution in [0, 0.1) is 36.0 Å². The second-order valence-electron chi connectivity index (χ2n) is 7.42. The second kappa shape index (κ2) is 5.04. The van der Waals surface area contributed by atoms with E-state index < -0.39 is 0 Å². The smallest absolute Gasteiger partial charge is 0.193 e. The van der Waals surface area contributed by atoms with Crippen LogP contribution in [0.4, 0.5) is 5.69 Å². The Hall–Kier alpha value is -1.51. The molecule has 4 saturated carbocycles. The zero-order chi connectivity index (χ0) is 14.4. The number of aryl methyl sites for hydroxylation is 1. The molecule has 112 valence electrons. The summed E-state index contributed by atoms with van der Waals surface area (Å²) in [6.45, 7) is 2.08. The summed E-state index contributed by atoms with van der Waals surface area (Å²) in [7, 11) is 0. The third-order valence-corrected chi connectivity index (χ3v) is 5.94. The minimum absolute atomic E-state index is 0.474. The highest BCUT2D eigenvalue weighted by molar-refractivity contribution is 5.92. The molecule has 4 fully saturated rings. The number of nitrogens with one attached hydrogen (secondary N) is 3. The highest BCUT2D eigenvalue weighted by Crippen LogP contribution is 2.53. The van der Waals surface area contributed by atoms with Gasteiger partial charge in [0.05, 0.1) is 0 Å². The van der Waals surface area contributed by atoms with Gasteiger partial charge in [-0.25, -0.2) is 0 Å². The average molecular weight is 283 g/mol. The van der Waals surface area contributed by atoms with E-state index in [0.29, 0.717) is 12.0 Å². The van der Waals surface area contributed by atoms with E-state index in [1.54, 1.807) is 0 Å². The van der Waals surface area contributed by atoms with Gasteiger partial charge >= 0.3 is 0 Å². The van der Waals surface area contributed by atoms with Crippen molar-refractivity contribution in [3.8, 4) is 0 Å². The Bertz CT molecular complexity index is 523. The molecule has 4 aliphatic carbocycles. The van der Waals surface area contributed by atoms with Crippen molar-refractivity contribution in [2.75, 3.05) is 5.32 Å². The summed E-state index contributed by atoms with van der Waals surface area (Å²) < 4.78 is 0. The minimum Gasteiger partial charge on any atom is -0.353 e. The standard InChI is InChI=1S/C18H25N3/c1-11-4-2-3-5-16(11)20-18(19)21-17-14-7-12-6-13(9-14)10-15(17)8-12/h2-5,12-15,17H,6-10H2,1H3,(H3,19,20,21). The zero-order valence-corrected chi connectivity index (χ0v) is 12.7. The summed E-state index contributed by atoms with van der Waals surface area (Å²) in [6.07, 6.45) is 7.05. The maximum Gasteiger partial charge on any atom is 0.193 e. The van der Waals surface area contributed by atoms with Gasteiger partial charge in [0.1, 0.15) is 0 Å². The lowest BCUT2D eigenvalue weighted by atomic mass is 9.54. The molecule has 0 amide bonds. The molecule has 0 radical (unpaired) electrons. The fraction of sp³-hybridized carbons (Fsp3) is 0.611. The van der Waals surface area contributed by atoms with Gasteiger partial charge in [0.2, 0.25) is 0 Å². The summed E-state index contributed by atoms with van der Waals surface area (Å²) >= 11 is 0. The maximum absolute atomic E-state index is 8.28. The molecular weight excluding hydrogens is 258 g/mol. The van der Waals surface area contributed by atoms with Crippen LogP contribution in [0.1, 0.15) is 37.7 Å². The molecule has 4 aliphatic rings. The maximum atomic E-state index is 8.28. The van der Waals surface area contributed by atoms with Crippen LogP contribution in [0.3, 0.4) is 0 Å². The van der Waals surface area contributed by atoms with Gasteiger partial charge in [-0.15, -0.1) is 0 Å². The van der Waals surface area contributed by atoms with Crippen molar-refractivity contribution in [1.82, 2.24) is 5.32 Å². The van der Waals surface area contributed by atoms with Gasteiger partial charge in [-0.05, 0) is 74.3 Å². The largest absolute Gasteiger partial charge is 0.353 e. The molecule has 1 aromatic carbocycles. The van der Waals surface area contributed by atoms with Gasteiger partial charge in [-0.2, -0.15) is 0 Å². The third-order valence-electron chi connectivity index (χ3n) is 5.94. The highest BCUT2D eigenvalue weighted by Gasteiger charge is 2.48. The van der Waals surface area contributed by atoms with Gasteiger partial charge in [0, 0.05) is 11.7 Å². The Morgan fingerprint density at radius 2 is 1.62 bits per heavy atom. The molecule has 1 aromatic rings. The van der Waals surface area contributed by atoms with E-state index in [1.165, 1.54) is 37.7 Å². The number of hydrogen-bond donors (Lipinski definition) is 3. The number of guanidine groups is 1. The van der Waals surface area contributed by atoms with Gasteiger partial charge in [-0.1, -0.05) is 18.2 Å². The average Bonchev–Trinajstić information content (AvgIpc) is 2.44. The Morgan fingerprint density at radius 1 is 1.00 bits per heavy atom. The van der Waals surface area contributed by atoms with E-state index >= 15 is 0 Å².